The van der Waals surface area contributed by atoms with Gasteiger partial charge in [0, 0.05) is 30.3 Å². The Morgan fingerprint density at radius 3 is 3.12 bits per heavy atom. The highest BCUT2D eigenvalue weighted by Crippen LogP contribution is 2.20. The Morgan fingerprint density at radius 1 is 1.48 bits per heavy atom. The Morgan fingerprint density at radius 2 is 2.36 bits per heavy atom. The lowest BCUT2D eigenvalue weighted by Gasteiger charge is -2.35. The van der Waals surface area contributed by atoms with Crippen molar-refractivity contribution >= 4 is 27.6 Å². The van der Waals surface area contributed by atoms with Gasteiger partial charge in [-0.1, -0.05) is 15.9 Å². The van der Waals surface area contributed by atoms with E-state index < -0.39 is 5.82 Å². The molecular weight excluding hydrogens is 391 g/mol. The van der Waals surface area contributed by atoms with Crippen molar-refractivity contribution in [3.63, 3.8) is 0 Å². The number of pyridine rings is 1. The van der Waals surface area contributed by atoms with Crippen LogP contribution in [0.2, 0.25) is 0 Å². The largest absolute Gasteiger partial charge is 0.490 e. The first kappa shape index (κ1) is 17.6. The van der Waals surface area contributed by atoms with E-state index in [1.54, 1.807) is 29.4 Å². The average molecular weight is 409 g/mol. The molecule has 3 rings (SSSR count). The number of urea groups is 1. The molecule has 0 bridgehead atoms. The van der Waals surface area contributed by atoms with Crippen LogP contribution < -0.4 is 15.4 Å². The molecule has 25 heavy (non-hydrogen) atoms. The van der Waals surface area contributed by atoms with Gasteiger partial charge in [0.25, 0.3) is 0 Å². The number of piperazine rings is 1. The van der Waals surface area contributed by atoms with Gasteiger partial charge in [-0.25, -0.2) is 9.18 Å². The lowest BCUT2D eigenvalue weighted by atomic mass is 10.2. The Balaban J connectivity index is 1.64. The first-order valence-electron chi connectivity index (χ1n) is 7.89. The van der Waals surface area contributed by atoms with E-state index in [4.69, 9.17) is 4.74 Å². The highest BCUT2D eigenvalue weighted by Gasteiger charge is 2.27. The number of anilines is 1. The quantitative estimate of drug-likeness (QED) is 0.815. The molecule has 6 nitrogen and oxygen atoms in total. The van der Waals surface area contributed by atoms with Gasteiger partial charge in [-0.2, -0.15) is 0 Å². The van der Waals surface area contributed by atoms with E-state index in [1.807, 2.05) is 6.07 Å². The van der Waals surface area contributed by atoms with Crippen LogP contribution in [0.25, 0.3) is 0 Å². The molecule has 0 aliphatic carbocycles. The fraction of sp³-hybridized carbons (Fsp3) is 0.294. The second kappa shape index (κ2) is 8.26. The maximum Gasteiger partial charge on any atom is 0.322 e. The van der Waals surface area contributed by atoms with Crippen LogP contribution in [-0.2, 0) is 0 Å². The Kier molecular flexibility index (Phi) is 5.83. The van der Waals surface area contributed by atoms with Crippen LogP contribution in [0.5, 0.6) is 5.75 Å². The second-order valence-corrected chi connectivity index (χ2v) is 6.52. The number of carbonyl (C=O) groups is 1. The molecular formula is C17H18BrFN4O2. The van der Waals surface area contributed by atoms with Gasteiger partial charge in [-0.05, 0) is 30.3 Å². The molecule has 1 atom stereocenters. The van der Waals surface area contributed by atoms with E-state index >= 15 is 0 Å². The van der Waals surface area contributed by atoms with Crippen molar-refractivity contribution in [2.75, 3.05) is 31.6 Å². The highest BCUT2D eigenvalue weighted by atomic mass is 79.9. The van der Waals surface area contributed by atoms with Gasteiger partial charge in [0.05, 0.1) is 17.9 Å². The van der Waals surface area contributed by atoms with Crippen molar-refractivity contribution in [1.29, 1.82) is 0 Å². The van der Waals surface area contributed by atoms with E-state index in [0.29, 0.717) is 36.5 Å². The van der Waals surface area contributed by atoms with Crippen LogP contribution in [0.15, 0.2) is 47.2 Å². The van der Waals surface area contributed by atoms with Gasteiger partial charge in [0.15, 0.2) is 0 Å². The zero-order chi connectivity index (χ0) is 17.6. The van der Waals surface area contributed by atoms with Crippen LogP contribution in [0.1, 0.15) is 0 Å². The summed E-state index contributed by atoms with van der Waals surface area (Å²) >= 11 is 3.20. The molecule has 1 fully saturated rings. The summed E-state index contributed by atoms with van der Waals surface area (Å²) in [5, 5.41) is 5.87. The molecule has 2 heterocycles. The first-order chi connectivity index (χ1) is 12.1. The minimum absolute atomic E-state index is 0.152. The summed E-state index contributed by atoms with van der Waals surface area (Å²) in [6.07, 6.45) is 3.29. The summed E-state index contributed by atoms with van der Waals surface area (Å²) in [6, 6.07) is 7.62. The van der Waals surface area contributed by atoms with E-state index in [9.17, 15) is 9.18 Å². The summed E-state index contributed by atoms with van der Waals surface area (Å²) < 4.78 is 20.3. The predicted octanol–water partition coefficient (Wildman–Crippen LogP) is 2.87. The molecule has 1 aliphatic heterocycles. The molecule has 1 aliphatic rings. The van der Waals surface area contributed by atoms with E-state index in [2.05, 4.69) is 31.5 Å². The van der Waals surface area contributed by atoms with Gasteiger partial charge in [-0.15, -0.1) is 0 Å². The topological polar surface area (TPSA) is 66.5 Å². The monoisotopic (exact) mass is 408 g/mol. The molecule has 2 N–H and O–H groups in total. The van der Waals surface area contributed by atoms with Crippen molar-refractivity contribution in [3.05, 3.63) is 53.0 Å². The predicted molar refractivity (Wildman–Crippen MR) is 96.2 cm³/mol. The average Bonchev–Trinajstić information content (AvgIpc) is 2.63. The smallest absolute Gasteiger partial charge is 0.322 e. The fourth-order valence-electron chi connectivity index (χ4n) is 2.58. The molecule has 1 aromatic carbocycles. The Hall–Kier alpha value is -2.19. The summed E-state index contributed by atoms with van der Waals surface area (Å²) in [6.45, 7) is 2.14. The molecule has 1 saturated heterocycles. The minimum atomic E-state index is -0.485. The third-order valence-electron chi connectivity index (χ3n) is 3.86. The fourth-order valence-corrected chi connectivity index (χ4v) is 2.91. The first-order valence-corrected chi connectivity index (χ1v) is 8.69. The van der Waals surface area contributed by atoms with Crippen LogP contribution in [-0.4, -0.2) is 48.2 Å². The van der Waals surface area contributed by atoms with Crippen molar-refractivity contribution in [2.24, 2.45) is 0 Å². The Labute approximate surface area is 153 Å². The van der Waals surface area contributed by atoms with E-state index in [1.165, 1.54) is 12.1 Å². The molecule has 8 heteroatoms. The summed E-state index contributed by atoms with van der Waals surface area (Å²) in [5.41, 5.74) is 0.152. The van der Waals surface area contributed by atoms with Crippen LogP contribution in [0.3, 0.4) is 0 Å². The SMILES string of the molecule is O=C(Nc1ccc(Br)cc1F)N1CCNCC1COc1cccnc1. The number of ether oxygens (including phenoxy) is 1. The molecule has 2 aromatic rings. The van der Waals surface area contributed by atoms with Gasteiger partial charge in [0.2, 0.25) is 0 Å². The zero-order valence-electron chi connectivity index (χ0n) is 13.4. The third-order valence-corrected chi connectivity index (χ3v) is 4.35. The summed E-state index contributed by atoms with van der Waals surface area (Å²) in [4.78, 5) is 18.2. The molecule has 0 spiro atoms. The second-order valence-electron chi connectivity index (χ2n) is 5.61. The zero-order valence-corrected chi connectivity index (χ0v) is 15.0. The van der Waals surface area contributed by atoms with Crippen molar-refractivity contribution in [2.45, 2.75) is 6.04 Å². The lowest BCUT2D eigenvalue weighted by molar-refractivity contribution is 0.132. The van der Waals surface area contributed by atoms with Crippen molar-refractivity contribution in [3.8, 4) is 5.75 Å². The van der Waals surface area contributed by atoms with Gasteiger partial charge < -0.3 is 20.3 Å². The van der Waals surface area contributed by atoms with E-state index in [-0.39, 0.29) is 17.8 Å². The lowest BCUT2D eigenvalue weighted by Crippen LogP contribution is -2.57. The summed E-state index contributed by atoms with van der Waals surface area (Å²) in [5.74, 6) is 0.161. The number of halogens is 2. The number of hydrogen-bond donors (Lipinski definition) is 2. The molecule has 2 amide bonds. The maximum atomic E-state index is 13.9. The number of rotatable bonds is 4. The molecule has 0 radical (unpaired) electrons. The third kappa shape index (κ3) is 4.67. The number of hydrogen-bond acceptors (Lipinski definition) is 4. The van der Waals surface area contributed by atoms with Crippen LogP contribution in [0, 0.1) is 5.82 Å². The minimum Gasteiger partial charge on any atom is -0.490 e. The number of carbonyl (C=O) groups excluding carboxylic acids is 1. The molecule has 1 unspecified atom stereocenters. The van der Waals surface area contributed by atoms with Gasteiger partial charge in [-0.3, -0.25) is 4.98 Å². The molecule has 0 saturated carbocycles. The van der Waals surface area contributed by atoms with Crippen LogP contribution in [0.4, 0.5) is 14.9 Å². The Bertz CT molecular complexity index is 732. The molecule has 132 valence electrons. The highest BCUT2D eigenvalue weighted by molar-refractivity contribution is 9.10. The van der Waals surface area contributed by atoms with E-state index in [0.717, 1.165) is 0 Å². The van der Waals surface area contributed by atoms with Gasteiger partial charge >= 0.3 is 6.03 Å². The molecule has 1 aromatic heterocycles. The number of amides is 2. The number of benzene rings is 1. The normalized spacial score (nSPS) is 17.2. The summed E-state index contributed by atoms with van der Waals surface area (Å²) in [7, 11) is 0. The number of aromatic nitrogens is 1. The maximum absolute atomic E-state index is 13.9. The van der Waals surface area contributed by atoms with Crippen molar-refractivity contribution in [1.82, 2.24) is 15.2 Å². The number of nitrogens with zero attached hydrogens (tertiary/aromatic N) is 2. The van der Waals surface area contributed by atoms with Crippen LogP contribution >= 0.6 is 15.9 Å². The van der Waals surface area contributed by atoms with Crippen molar-refractivity contribution < 1.29 is 13.9 Å². The standard InChI is InChI=1S/C17H18BrFN4O2/c18-12-3-4-16(15(19)8-12)22-17(24)23-7-6-21-9-13(23)11-25-14-2-1-5-20-10-14/h1-5,8,10,13,21H,6-7,9,11H2,(H,22,24). The number of nitrogens with one attached hydrogen (secondary N) is 2. The van der Waals surface area contributed by atoms with Gasteiger partial charge in [0.1, 0.15) is 18.2 Å².